The molecule has 1 heterocycles. The normalized spacial score (nSPS) is 9.50. The number of carboxylic acids is 1. The van der Waals surface area contributed by atoms with Gasteiger partial charge in [0.25, 0.3) is 0 Å². The first-order valence-corrected chi connectivity index (χ1v) is 5.06. The van der Waals surface area contributed by atoms with Crippen molar-refractivity contribution < 1.29 is 14.6 Å². The number of ether oxygens (including phenoxy) is 1. The van der Waals surface area contributed by atoms with Crippen LogP contribution in [0.3, 0.4) is 0 Å². The molecule has 2 rings (SSSR count). The number of carbonyl (C=O) groups is 1. The van der Waals surface area contributed by atoms with Crippen molar-refractivity contribution in [2.75, 3.05) is 0 Å². The molecule has 0 aliphatic heterocycles. The first-order valence-electron chi connectivity index (χ1n) is 5.06. The summed E-state index contributed by atoms with van der Waals surface area (Å²) in [5.41, 5.74) is 0.288. The van der Waals surface area contributed by atoms with Gasteiger partial charge in [0.05, 0.1) is 5.56 Å². The lowest BCUT2D eigenvalue weighted by molar-refractivity contribution is 0.0693. The summed E-state index contributed by atoms with van der Waals surface area (Å²) in [6.07, 6.45) is 2.63. The number of para-hydroxylation sites is 1. The van der Waals surface area contributed by atoms with Crippen LogP contribution < -0.4 is 4.74 Å². The van der Waals surface area contributed by atoms with Gasteiger partial charge in [0, 0.05) is 18.5 Å². The molecular formula is C13H8N2O3. The van der Waals surface area contributed by atoms with Gasteiger partial charge in [-0.15, -0.1) is 0 Å². The summed E-state index contributed by atoms with van der Waals surface area (Å²) >= 11 is 0. The molecule has 88 valence electrons. The van der Waals surface area contributed by atoms with E-state index in [9.17, 15) is 4.79 Å². The smallest absolute Gasteiger partial charge is 0.341 e. The fraction of sp³-hybridized carbons (Fsp3) is 0. The van der Waals surface area contributed by atoms with Crippen LogP contribution in [0.4, 0.5) is 0 Å². The van der Waals surface area contributed by atoms with Gasteiger partial charge in [-0.3, -0.25) is 4.98 Å². The van der Waals surface area contributed by atoms with E-state index in [0.717, 1.165) is 0 Å². The molecule has 2 aromatic rings. The van der Waals surface area contributed by atoms with Crippen LogP contribution in [0, 0.1) is 11.3 Å². The fourth-order valence-electron chi connectivity index (χ4n) is 1.40. The highest BCUT2D eigenvalue weighted by Gasteiger charge is 2.13. The SMILES string of the molecule is N#Cc1ccccc1Oc1ccncc1C(=O)O. The molecular weight excluding hydrogens is 232 g/mol. The molecule has 0 radical (unpaired) electrons. The molecule has 0 fully saturated rings. The molecule has 1 N–H and O–H groups in total. The summed E-state index contributed by atoms with van der Waals surface area (Å²) in [6.45, 7) is 0. The highest BCUT2D eigenvalue weighted by Crippen LogP contribution is 2.27. The lowest BCUT2D eigenvalue weighted by Crippen LogP contribution is -2.01. The number of nitrogens with zero attached hydrogens (tertiary/aromatic N) is 2. The van der Waals surface area contributed by atoms with Crippen molar-refractivity contribution in [1.29, 1.82) is 5.26 Å². The number of hydrogen-bond acceptors (Lipinski definition) is 4. The van der Waals surface area contributed by atoms with Crippen LogP contribution in [0.2, 0.25) is 0 Å². The molecule has 0 bridgehead atoms. The van der Waals surface area contributed by atoms with Crippen molar-refractivity contribution in [2.24, 2.45) is 0 Å². The number of hydrogen-bond donors (Lipinski definition) is 1. The summed E-state index contributed by atoms with van der Waals surface area (Å²) in [4.78, 5) is 14.7. The molecule has 0 aliphatic carbocycles. The van der Waals surface area contributed by atoms with E-state index >= 15 is 0 Å². The Morgan fingerprint density at radius 3 is 2.78 bits per heavy atom. The first-order chi connectivity index (χ1) is 8.72. The standard InChI is InChI=1S/C13H8N2O3/c14-7-9-3-1-2-4-11(9)18-12-5-6-15-8-10(12)13(16)17/h1-6,8H,(H,16,17). The quantitative estimate of drug-likeness (QED) is 0.890. The number of carboxylic acid groups (broad SMARTS) is 1. The Labute approximate surface area is 103 Å². The summed E-state index contributed by atoms with van der Waals surface area (Å²) in [5.74, 6) is -0.665. The summed E-state index contributed by atoms with van der Waals surface area (Å²) in [6, 6.07) is 10.0. The Balaban J connectivity index is 2.41. The predicted octanol–water partition coefficient (Wildman–Crippen LogP) is 2.44. The number of aromatic carboxylic acids is 1. The molecule has 0 aliphatic rings. The van der Waals surface area contributed by atoms with E-state index in [2.05, 4.69) is 4.98 Å². The van der Waals surface area contributed by atoms with Crippen LogP contribution in [-0.4, -0.2) is 16.1 Å². The Morgan fingerprint density at radius 1 is 1.28 bits per heavy atom. The van der Waals surface area contributed by atoms with Gasteiger partial charge in [-0.1, -0.05) is 12.1 Å². The average Bonchev–Trinajstić information content (AvgIpc) is 2.40. The molecule has 0 unspecified atom stereocenters. The molecule has 1 aromatic heterocycles. The summed E-state index contributed by atoms with van der Waals surface area (Å²) < 4.78 is 5.45. The maximum Gasteiger partial charge on any atom is 0.341 e. The van der Waals surface area contributed by atoms with Crippen molar-refractivity contribution in [1.82, 2.24) is 4.98 Å². The van der Waals surface area contributed by atoms with Crippen molar-refractivity contribution in [2.45, 2.75) is 0 Å². The third kappa shape index (κ3) is 2.28. The second-order valence-corrected chi connectivity index (χ2v) is 3.39. The van der Waals surface area contributed by atoms with Crippen LogP contribution in [0.1, 0.15) is 15.9 Å². The van der Waals surface area contributed by atoms with E-state index in [1.807, 2.05) is 6.07 Å². The van der Waals surface area contributed by atoms with Gasteiger partial charge in [0.2, 0.25) is 0 Å². The molecule has 0 saturated heterocycles. The number of nitriles is 1. The zero-order valence-corrected chi connectivity index (χ0v) is 9.20. The van der Waals surface area contributed by atoms with Crippen molar-refractivity contribution in [3.8, 4) is 17.6 Å². The molecule has 5 heteroatoms. The first kappa shape index (κ1) is 11.6. The number of rotatable bonds is 3. The van der Waals surface area contributed by atoms with Crippen molar-refractivity contribution in [3.05, 3.63) is 53.9 Å². The molecule has 18 heavy (non-hydrogen) atoms. The second kappa shape index (κ2) is 4.97. The van der Waals surface area contributed by atoms with Crippen molar-refractivity contribution >= 4 is 5.97 Å². The Morgan fingerprint density at radius 2 is 2.06 bits per heavy atom. The third-order valence-corrected chi connectivity index (χ3v) is 2.24. The van der Waals surface area contributed by atoms with Gasteiger partial charge in [0.1, 0.15) is 23.1 Å². The van der Waals surface area contributed by atoms with Gasteiger partial charge in [0.15, 0.2) is 0 Å². The maximum absolute atomic E-state index is 11.0. The van der Waals surface area contributed by atoms with Gasteiger partial charge < -0.3 is 9.84 Å². The van der Waals surface area contributed by atoms with Crippen LogP contribution in [0.15, 0.2) is 42.7 Å². The fourth-order valence-corrected chi connectivity index (χ4v) is 1.40. The minimum absolute atomic E-state index is 0.0507. The monoisotopic (exact) mass is 240 g/mol. The van der Waals surface area contributed by atoms with Gasteiger partial charge >= 0.3 is 5.97 Å². The zero-order chi connectivity index (χ0) is 13.0. The minimum Gasteiger partial charge on any atom is -0.477 e. The van der Waals surface area contributed by atoms with E-state index in [1.165, 1.54) is 18.5 Å². The number of benzene rings is 1. The lowest BCUT2D eigenvalue weighted by atomic mass is 10.2. The van der Waals surface area contributed by atoms with E-state index in [4.69, 9.17) is 15.1 Å². The van der Waals surface area contributed by atoms with Gasteiger partial charge in [-0.25, -0.2) is 4.79 Å². The largest absolute Gasteiger partial charge is 0.477 e. The molecule has 0 saturated carbocycles. The molecule has 0 spiro atoms. The summed E-state index contributed by atoms with van der Waals surface area (Å²) in [7, 11) is 0. The predicted molar refractivity (Wildman–Crippen MR) is 62.4 cm³/mol. The Hall–Kier alpha value is -2.87. The highest BCUT2D eigenvalue weighted by atomic mass is 16.5. The van der Waals surface area contributed by atoms with E-state index in [1.54, 1.807) is 24.3 Å². The molecule has 1 aromatic carbocycles. The average molecular weight is 240 g/mol. The summed E-state index contributed by atoms with van der Waals surface area (Å²) in [5, 5.41) is 17.9. The molecule has 0 amide bonds. The topological polar surface area (TPSA) is 83.2 Å². The van der Waals surface area contributed by atoms with E-state index < -0.39 is 5.97 Å². The van der Waals surface area contributed by atoms with E-state index in [-0.39, 0.29) is 11.3 Å². The third-order valence-electron chi connectivity index (χ3n) is 2.24. The minimum atomic E-state index is -1.13. The number of aromatic nitrogens is 1. The Bertz CT molecular complexity index is 632. The van der Waals surface area contributed by atoms with Crippen LogP contribution in [0.25, 0.3) is 0 Å². The van der Waals surface area contributed by atoms with Crippen LogP contribution in [0.5, 0.6) is 11.5 Å². The lowest BCUT2D eigenvalue weighted by Gasteiger charge is -2.08. The molecule has 5 nitrogen and oxygen atoms in total. The second-order valence-electron chi connectivity index (χ2n) is 3.39. The van der Waals surface area contributed by atoms with E-state index in [0.29, 0.717) is 11.3 Å². The molecule has 0 atom stereocenters. The highest BCUT2D eigenvalue weighted by molar-refractivity contribution is 5.90. The number of pyridine rings is 1. The van der Waals surface area contributed by atoms with Gasteiger partial charge in [-0.2, -0.15) is 5.26 Å². The zero-order valence-electron chi connectivity index (χ0n) is 9.20. The van der Waals surface area contributed by atoms with Crippen LogP contribution in [-0.2, 0) is 0 Å². The van der Waals surface area contributed by atoms with Crippen LogP contribution >= 0.6 is 0 Å². The Kier molecular flexibility index (Phi) is 3.21. The maximum atomic E-state index is 11.0. The van der Waals surface area contributed by atoms with Crippen molar-refractivity contribution in [3.63, 3.8) is 0 Å². The van der Waals surface area contributed by atoms with Gasteiger partial charge in [-0.05, 0) is 12.1 Å².